The zero-order valence-corrected chi connectivity index (χ0v) is 17.3. The van der Waals surface area contributed by atoms with Crippen molar-refractivity contribution in [3.05, 3.63) is 72.8 Å². The van der Waals surface area contributed by atoms with Gasteiger partial charge in [0, 0.05) is 11.3 Å². The molecular weight excluding hydrogens is 404 g/mol. The Bertz CT molecular complexity index is 1430. The number of carboxylic acid groups (broad SMARTS) is 1. The van der Waals surface area contributed by atoms with Gasteiger partial charge in [-0.2, -0.15) is 0 Å². The number of benzene rings is 3. The molecule has 1 unspecified atom stereocenters. The highest BCUT2D eigenvalue weighted by molar-refractivity contribution is 5.87. The molecule has 0 saturated carbocycles. The van der Waals surface area contributed by atoms with Crippen molar-refractivity contribution in [3.8, 4) is 11.3 Å². The molecule has 3 aromatic carbocycles. The SMILES string of the molecule is CCC(C(=O)[O-])n1nnc2cc(Nc3nc4ccccc4nc3-c3ccccc3)ccc21. The van der Waals surface area contributed by atoms with Crippen molar-refractivity contribution in [2.24, 2.45) is 0 Å². The Morgan fingerprint density at radius 2 is 1.69 bits per heavy atom. The second-order valence-electron chi connectivity index (χ2n) is 7.38. The maximum atomic E-state index is 11.4. The van der Waals surface area contributed by atoms with E-state index in [1.165, 1.54) is 4.68 Å². The number of para-hydroxylation sites is 2. The van der Waals surface area contributed by atoms with Gasteiger partial charge in [-0.1, -0.05) is 54.6 Å². The molecule has 5 aromatic rings. The van der Waals surface area contributed by atoms with Crippen molar-refractivity contribution in [2.75, 3.05) is 5.32 Å². The minimum absolute atomic E-state index is 0.355. The van der Waals surface area contributed by atoms with Crippen LogP contribution in [0.4, 0.5) is 11.5 Å². The van der Waals surface area contributed by atoms with Crippen LogP contribution in [0.1, 0.15) is 19.4 Å². The summed E-state index contributed by atoms with van der Waals surface area (Å²) in [7, 11) is 0. The van der Waals surface area contributed by atoms with Crippen LogP contribution in [0.2, 0.25) is 0 Å². The van der Waals surface area contributed by atoms with Crippen LogP contribution in [0.3, 0.4) is 0 Å². The molecule has 5 rings (SSSR count). The molecule has 0 saturated heterocycles. The Morgan fingerprint density at radius 3 is 2.41 bits per heavy atom. The van der Waals surface area contributed by atoms with Crippen molar-refractivity contribution in [1.29, 1.82) is 0 Å². The second kappa shape index (κ2) is 8.07. The summed E-state index contributed by atoms with van der Waals surface area (Å²) in [6.07, 6.45) is 0.355. The van der Waals surface area contributed by atoms with E-state index in [4.69, 9.17) is 9.97 Å². The third-order valence-electron chi connectivity index (χ3n) is 5.31. The normalized spacial score (nSPS) is 12.2. The number of hydrogen-bond donors (Lipinski definition) is 1. The topological polar surface area (TPSA) is 109 Å². The van der Waals surface area contributed by atoms with Crippen molar-refractivity contribution in [1.82, 2.24) is 25.0 Å². The summed E-state index contributed by atoms with van der Waals surface area (Å²) < 4.78 is 1.39. The zero-order chi connectivity index (χ0) is 22.1. The predicted molar refractivity (Wildman–Crippen MR) is 120 cm³/mol. The third kappa shape index (κ3) is 3.51. The van der Waals surface area contributed by atoms with Crippen LogP contribution in [-0.4, -0.2) is 30.9 Å². The van der Waals surface area contributed by atoms with Gasteiger partial charge in [-0.05, 0) is 36.8 Å². The fourth-order valence-electron chi connectivity index (χ4n) is 3.71. The number of carbonyl (C=O) groups excluding carboxylic acids is 1. The first-order valence-corrected chi connectivity index (χ1v) is 10.3. The molecule has 0 aliphatic rings. The van der Waals surface area contributed by atoms with Gasteiger partial charge < -0.3 is 15.2 Å². The maximum Gasteiger partial charge on any atom is 0.157 e. The first kappa shape index (κ1) is 19.6. The number of carbonyl (C=O) groups is 1. The van der Waals surface area contributed by atoms with Crippen LogP contribution < -0.4 is 10.4 Å². The van der Waals surface area contributed by atoms with Gasteiger partial charge in [-0.3, -0.25) is 0 Å². The lowest BCUT2D eigenvalue weighted by Crippen LogP contribution is -2.33. The number of fused-ring (bicyclic) bond motifs is 2. The number of nitrogens with one attached hydrogen (secondary N) is 1. The highest BCUT2D eigenvalue weighted by atomic mass is 16.4. The Balaban J connectivity index is 1.57. The smallest absolute Gasteiger partial charge is 0.157 e. The van der Waals surface area contributed by atoms with E-state index >= 15 is 0 Å². The molecule has 2 heterocycles. The molecule has 0 amide bonds. The Kier molecular flexibility index (Phi) is 4.95. The first-order chi connectivity index (χ1) is 15.6. The summed E-state index contributed by atoms with van der Waals surface area (Å²) in [6.45, 7) is 1.77. The number of hydrogen-bond acceptors (Lipinski definition) is 7. The lowest BCUT2D eigenvalue weighted by atomic mass is 10.1. The second-order valence-corrected chi connectivity index (χ2v) is 7.38. The summed E-state index contributed by atoms with van der Waals surface area (Å²) in [6, 6.07) is 22.2. The van der Waals surface area contributed by atoms with Crippen LogP contribution in [-0.2, 0) is 4.79 Å². The number of rotatable bonds is 6. The predicted octanol–water partition coefficient (Wildman–Crippen LogP) is 3.49. The van der Waals surface area contributed by atoms with Crippen molar-refractivity contribution in [3.63, 3.8) is 0 Å². The monoisotopic (exact) mass is 423 g/mol. The summed E-state index contributed by atoms with van der Waals surface area (Å²) in [4.78, 5) is 21.1. The molecule has 0 aliphatic heterocycles. The van der Waals surface area contributed by atoms with Gasteiger partial charge >= 0.3 is 0 Å². The van der Waals surface area contributed by atoms with Gasteiger partial charge in [-0.25, -0.2) is 14.6 Å². The van der Waals surface area contributed by atoms with Gasteiger partial charge in [0.15, 0.2) is 5.82 Å². The van der Waals surface area contributed by atoms with Gasteiger partial charge in [0.1, 0.15) is 11.2 Å². The third-order valence-corrected chi connectivity index (χ3v) is 5.31. The lowest BCUT2D eigenvalue weighted by molar-refractivity contribution is -0.310. The van der Waals surface area contributed by atoms with Gasteiger partial charge in [0.2, 0.25) is 0 Å². The lowest BCUT2D eigenvalue weighted by Gasteiger charge is -2.16. The number of nitrogens with zero attached hydrogens (tertiary/aromatic N) is 5. The molecule has 32 heavy (non-hydrogen) atoms. The summed E-state index contributed by atoms with van der Waals surface area (Å²) in [5.74, 6) is -0.566. The number of anilines is 2. The van der Waals surface area contributed by atoms with Crippen LogP contribution in [0.25, 0.3) is 33.3 Å². The van der Waals surface area contributed by atoms with E-state index in [0.29, 0.717) is 23.3 Å². The summed E-state index contributed by atoms with van der Waals surface area (Å²) in [5.41, 5.74) is 5.21. The van der Waals surface area contributed by atoms with Gasteiger partial charge in [0.25, 0.3) is 0 Å². The van der Waals surface area contributed by atoms with Crippen LogP contribution >= 0.6 is 0 Å². The van der Waals surface area contributed by atoms with Crippen LogP contribution in [0.5, 0.6) is 0 Å². The van der Waals surface area contributed by atoms with E-state index in [9.17, 15) is 9.90 Å². The molecule has 0 radical (unpaired) electrons. The highest BCUT2D eigenvalue weighted by Gasteiger charge is 2.16. The molecule has 0 aliphatic carbocycles. The average Bonchev–Trinajstić information content (AvgIpc) is 3.22. The van der Waals surface area contributed by atoms with E-state index in [-0.39, 0.29) is 0 Å². The molecule has 0 spiro atoms. The molecular formula is C24H19N6O2-. The highest BCUT2D eigenvalue weighted by Crippen LogP contribution is 2.30. The van der Waals surface area contributed by atoms with Crippen molar-refractivity contribution < 1.29 is 9.90 Å². The number of carboxylic acids is 1. The molecule has 0 bridgehead atoms. The van der Waals surface area contributed by atoms with E-state index in [1.54, 1.807) is 13.0 Å². The van der Waals surface area contributed by atoms with Crippen molar-refractivity contribution in [2.45, 2.75) is 19.4 Å². The molecule has 0 fully saturated rings. The van der Waals surface area contributed by atoms with Crippen LogP contribution in [0.15, 0.2) is 72.8 Å². The first-order valence-electron chi connectivity index (χ1n) is 10.3. The largest absolute Gasteiger partial charge is 0.548 e. The van der Waals surface area contributed by atoms with E-state index in [1.807, 2.05) is 66.7 Å². The molecule has 8 nitrogen and oxygen atoms in total. The van der Waals surface area contributed by atoms with E-state index in [0.717, 1.165) is 28.0 Å². The molecule has 2 aromatic heterocycles. The quantitative estimate of drug-likeness (QED) is 0.445. The van der Waals surface area contributed by atoms with E-state index in [2.05, 4.69) is 15.6 Å². The maximum absolute atomic E-state index is 11.4. The average molecular weight is 423 g/mol. The molecule has 158 valence electrons. The molecule has 8 heteroatoms. The van der Waals surface area contributed by atoms with Gasteiger partial charge in [0.05, 0.1) is 28.6 Å². The zero-order valence-electron chi connectivity index (χ0n) is 17.3. The summed E-state index contributed by atoms with van der Waals surface area (Å²) >= 11 is 0. The molecule has 1 atom stereocenters. The Morgan fingerprint density at radius 1 is 0.969 bits per heavy atom. The Hall–Kier alpha value is -4.33. The van der Waals surface area contributed by atoms with E-state index < -0.39 is 12.0 Å². The van der Waals surface area contributed by atoms with Crippen LogP contribution in [0, 0.1) is 0 Å². The number of aromatic nitrogens is 5. The fourth-order valence-corrected chi connectivity index (χ4v) is 3.71. The summed E-state index contributed by atoms with van der Waals surface area (Å²) in [5, 5.41) is 23.0. The molecule has 1 N–H and O–H groups in total. The minimum Gasteiger partial charge on any atom is -0.548 e. The van der Waals surface area contributed by atoms with Gasteiger partial charge in [-0.15, -0.1) is 5.10 Å². The standard InChI is InChI=1S/C24H20N6O2/c1-2-20(24(31)32)30-21-13-12-16(14-19(21)28-29-30)25-23-22(15-8-4-3-5-9-15)26-17-10-6-7-11-18(17)27-23/h3-14,20H,2H2,1H3,(H,25,27)(H,31,32)/p-1. The van der Waals surface area contributed by atoms with Crippen molar-refractivity contribution >= 4 is 39.5 Å². The minimum atomic E-state index is -1.18. The fraction of sp³-hybridized carbons (Fsp3) is 0.125. The Labute approximate surface area is 183 Å². The number of aliphatic carboxylic acids is 1.